The Morgan fingerprint density at radius 2 is 1.89 bits per heavy atom. The van der Waals surface area contributed by atoms with Crippen LogP contribution in [0, 0.1) is 11.7 Å². The predicted molar refractivity (Wildman–Crippen MR) is 73.3 cm³/mol. The Balaban J connectivity index is 1.67. The van der Waals surface area contributed by atoms with Gasteiger partial charge >= 0.3 is 0 Å². The van der Waals surface area contributed by atoms with Crippen LogP contribution in [0.3, 0.4) is 0 Å². The Morgan fingerprint density at radius 3 is 2.68 bits per heavy atom. The normalized spacial score (nSPS) is 29.8. The number of fused-ring (bicyclic) bond motifs is 1. The number of hydrogen-bond donors (Lipinski definition) is 1. The van der Waals surface area contributed by atoms with Gasteiger partial charge < -0.3 is 10.0 Å². The molecule has 0 aromatic heterocycles. The van der Waals surface area contributed by atoms with Gasteiger partial charge in [-0.3, -0.25) is 0 Å². The van der Waals surface area contributed by atoms with Crippen LogP contribution in [0.1, 0.15) is 43.8 Å². The summed E-state index contributed by atoms with van der Waals surface area (Å²) < 4.78 is 12.9. The first kappa shape index (κ1) is 13.1. The van der Waals surface area contributed by atoms with Gasteiger partial charge in [-0.15, -0.1) is 0 Å². The maximum absolute atomic E-state index is 12.9. The van der Waals surface area contributed by atoms with Crippen molar-refractivity contribution < 1.29 is 9.50 Å². The average molecular weight is 263 g/mol. The topological polar surface area (TPSA) is 23.5 Å². The Bertz CT molecular complexity index is 419. The maximum Gasteiger partial charge on any atom is 0.123 e. The summed E-state index contributed by atoms with van der Waals surface area (Å²) in [5, 5.41) is 10.5. The molecule has 3 rings (SSSR count). The lowest BCUT2D eigenvalue weighted by molar-refractivity contribution is 0.0154. The van der Waals surface area contributed by atoms with Crippen molar-refractivity contribution >= 4 is 0 Å². The van der Waals surface area contributed by atoms with Crippen molar-refractivity contribution in [3.05, 3.63) is 35.6 Å². The van der Waals surface area contributed by atoms with Gasteiger partial charge in [-0.25, -0.2) is 4.39 Å². The van der Waals surface area contributed by atoms with E-state index in [9.17, 15) is 9.50 Å². The van der Waals surface area contributed by atoms with Gasteiger partial charge in [0.15, 0.2) is 0 Å². The molecule has 1 aromatic carbocycles. The van der Waals surface area contributed by atoms with Crippen molar-refractivity contribution in [3.63, 3.8) is 0 Å². The first-order chi connectivity index (χ1) is 9.24. The van der Waals surface area contributed by atoms with Gasteiger partial charge in [0.2, 0.25) is 0 Å². The molecule has 0 amide bonds. The summed E-state index contributed by atoms with van der Waals surface area (Å²) in [6.45, 7) is 2.33. The summed E-state index contributed by atoms with van der Waals surface area (Å²) in [7, 11) is 0. The molecule has 2 aliphatic rings. The molecule has 2 saturated heterocycles. The van der Waals surface area contributed by atoms with Crippen molar-refractivity contribution in [2.45, 2.75) is 44.2 Å². The first-order valence-corrected chi connectivity index (χ1v) is 7.41. The third-order valence-electron chi connectivity index (χ3n) is 4.77. The quantitative estimate of drug-likeness (QED) is 0.886. The minimum atomic E-state index is -0.440. The number of piperidine rings is 2. The molecule has 0 unspecified atom stereocenters. The second kappa shape index (κ2) is 5.59. The van der Waals surface area contributed by atoms with E-state index in [1.807, 2.05) is 0 Å². The van der Waals surface area contributed by atoms with Gasteiger partial charge in [-0.1, -0.05) is 18.6 Å². The number of aliphatic hydroxyl groups is 1. The highest BCUT2D eigenvalue weighted by Gasteiger charge is 2.33. The maximum atomic E-state index is 12.9. The summed E-state index contributed by atoms with van der Waals surface area (Å²) in [5.41, 5.74) is 0.857. The number of aliphatic hydroxyl groups excluding tert-OH is 1. The van der Waals surface area contributed by atoms with E-state index >= 15 is 0 Å². The minimum absolute atomic E-state index is 0.238. The zero-order chi connectivity index (χ0) is 13.2. The molecule has 1 N–H and O–H groups in total. The zero-order valence-corrected chi connectivity index (χ0v) is 11.3. The molecule has 1 aromatic rings. The fourth-order valence-corrected chi connectivity index (χ4v) is 3.64. The van der Waals surface area contributed by atoms with Crippen LogP contribution in [0.15, 0.2) is 24.3 Å². The lowest BCUT2D eigenvalue weighted by atomic mass is 9.81. The molecule has 0 spiro atoms. The zero-order valence-electron chi connectivity index (χ0n) is 11.3. The molecular weight excluding hydrogens is 241 g/mol. The highest BCUT2D eigenvalue weighted by atomic mass is 19.1. The van der Waals surface area contributed by atoms with Crippen LogP contribution >= 0.6 is 0 Å². The third-order valence-corrected chi connectivity index (χ3v) is 4.77. The van der Waals surface area contributed by atoms with E-state index in [-0.39, 0.29) is 5.82 Å². The van der Waals surface area contributed by atoms with Crippen molar-refractivity contribution in [1.29, 1.82) is 0 Å². The van der Waals surface area contributed by atoms with Gasteiger partial charge in [0.1, 0.15) is 5.82 Å². The molecule has 3 atom stereocenters. The molecule has 2 heterocycles. The number of halogens is 1. The fraction of sp³-hybridized carbons (Fsp3) is 0.625. The van der Waals surface area contributed by atoms with Crippen molar-refractivity contribution in [2.75, 3.05) is 13.1 Å². The van der Waals surface area contributed by atoms with E-state index in [4.69, 9.17) is 0 Å². The van der Waals surface area contributed by atoms with Gasteiger partial charge in [-0.2, -0.15) is 0 Å². The highest BCUT2D eigenvalue weighted by molar-refractivity contribution is 5.19. The van der Waals surface area contributed by atoms with Crippen molar-refractivity contribution in [1.82, 2.24) is 4.90 Å². The van der Waals surface area contributed by atoms with Crippen LogP contribution < -0.4 is 0 Å². The molecule has 2 fully saturated rings. The standard InChI is InChI=1S/C16H22FNO/c17-14-6-4-12(5-7-14)16(19)13-8-10-18-9-2-1-3-15(18)11-13/h4-7,13,15-16,19H,1-3,8-11H2/t13-,15+,16+/m0/s1. The van der Waals surface area contributed by atoms with Gasteiger partial charge in [-0.05, 0) is 62.4 Å². The molecule has 0 aliphatic carbocycles. The molecule has 104 valence electrons. The number of hydrogen-bond acceptors (Lipinski definition) is 2. The Kier molecular flexibility index (Phi) is 3.85. The van der Waals surface area contributed by atoms with E-state index in [1.54, 1.807) is 12.1 Å². The van der Waals surface area contributed by atoms with Crippen LogP contribution in [0.25, 0.3) is 0 Å². The van der Waals surface area contributed by atoms with Crippen molar-refractivity contribution in [2.24, 2.45) is 5.92 Å². The van der Waals surface area contributed by atoms with Crippen LogP contribution in [0.5, 0.6) is 0 Å². The number of benzene rings is 1. The van der Waals surface area contributed by atoms with E-state index < -0.39 is 6.10 Å². The van der Waals surface area contributed by atoms with Gasteiger partial charge in [0.25, 0.3) is 0 Å². The second-order valence-corrected chi connectivity index (χ2v) is 5.97. The lowest BCUT2D eigenvalue weighted by Gasteiger charge is -2.43. The van der Waals surface area contributed by atoms with E-state index in [0.29, 0.717) is 12.0 Å². The Labute approximate surface area is 114 Å². The molecular formula is C16H22FNO. The van der Waals surface area contributed by atoms with E-state index in [1.165, 1.54) is 37.9 Å². The van der Waals surface area contributed by atoms with Crippen LogP contribution in [0.2, 0.25) is 0 Å². The van der Waals surface area contributed by atoms with Crippen LogP contribution in [-0.2, 0) is 0 Å². The number of rotatable bonds is 2. The fourth-order valence-electron chi connectivity index (χ4n) is 3.64. The van der Waals surface area contributed by atoms with Gasteiger partial charge in [0, 0.05) is 6.04 Å². The third kappa shape index (κ3) is 2.82. The van der Waals surface area contributed by atoms with E-state index in [0.717, 1.165) is 24.9 Å². The van der Waals surface area contributed by atoms with Gasteiger partial charge in [0.05, 0.1) is 6.10 Å². The minimum Gasteiger partial charge on any atom is -0.388 e. The Morgan fingerprint density at radius 1 is 1.11 bits per heavy atom. The smallest absolute Gasteiger partial charge is 0.123 e. The van der Waals surface area contributed by atoms with Crippen molar-refractivity contribution in [3.8, 4) is 0 Å². The molecule has 0 radical (unpaired) electrons. The second-order valence-electron chi connectivity index (χ2n) is 5.97. The largest absolute Gasteiger partial charge is 0.388 e. The molecule has 2 aliphatic heterocycles. The number of nitrogens with zero attached hydrogens (tertiary/aromatic N) is 1. The molecule has 2 nitrogen and oxygen atoms in total. The Hall–Kier alpha value is -0.930. The summed E-state index contributed by atoms with van der Waals surface area (Å²) >= 11 is 0. The molecule has 0 saturated carbocycles. The predicted octanol–water partition coefficient (Wildman–Crippen LogP) is 3.12. The molecule has 0 bridgehead atoms. The summed E-state index contributed by atoms with van der Waals surface area (Å²) in [4.78, 5) is 2.58. The highest BCUT2D eigenvalue weighted by Crippen LogP contribution is 2.36. The molecule has 3 heteroatoms. The average Bonchev–Trinajstić information content (AvgIpc) is 2.47. The summed E-state index contributed by atoms with van der Waals surface area (Å²) in [6.07, 6.45) is 5.60. The summed E-state index contributed by atoms with van der Waals surface area (Å²) in [5.74, 6) is 0.0860. The lowest BCUT2D eigenvalue weighted by Crippen LogP contribution is -2.46. The van der Waals surface area contributed by atoms with Crippen LogP contribution in [0.4, 0.5) is 4.39 Å². The monoisotopic (exact) mass is 263 g/mol. The first-order valence-electron chi connectivity index (χ1n) is 7.41. The summed E-state index contributed by atoms with van der Waals surface area (Å²) in [6, 6.07) is 6.96. The van der Waals surface area contributed by atoms with Crippen LogP contribution in [-0.4, -0.2) is 29.1 Å². The SMILES string of the molecule is O[C@H](c1ccc(F)cc1)[C@H]1CCN2CCCC[C@@H]2C1. The molecule has 19 heavy (non-hydrogen) atoms. The van der Waals surface area contributed by atoms with E-state index in [2.05, 4.69) is 4.90 Å².